The first-order valence-electron chi connectivity index (χ1n) is 8.54. The molecule has 27 heavy (non-hydrogen) atoms. The van der Waals surface area contributed by atoms with Crippen molar-refractivity contribution in [3.8, 4) is 11.5 Å². The zero-order chi connectivity index (χ0) is 19.4. The monoisotopic (exact) mass is 390 g/mol. The van der Waals surface area contributed by atoms with Crippen LogP contribution in [0.4, 0.5) is 0 Å². The summed E-state index contributed by atoms with van der Waals surface area (Å²) in [6.07, 6.45) is 0.694. The van der Waals surface area contributed by atoms with Gasteiger partial charge in [-0.15, -0.1) is 0 Å². The summed E-state index contributed by atoms with van der Waals surface area (Å²) in [4.78, 5) is 12.4. The standard InChI is InChI=1S/C19H22N2O5S/c1-21(2)27(23,24)15-9-7-14(8-10-15)26-13-19(22)20-17-11-12-25-18-6-4-3-5-16(17)18/h3-10,17H,11-13H2,1-2H3,(H,20,22). The van der Waals surface area contributed by atoms with Gasteiger partial charge in [0.05, 0.1) is 17.5 Å². The average molecular weight is 390 g/mol. The van der Waals surface area contributed by atoms with Crippen LogP contribution >= 0.6 is 0 Å². The highest BCUT2D eigenvalue weighted by Gasteiger charge is 2.22. The van der Waals surface area contributed by atoms with Crippen molar-refractivity contribution in [1.29, 1.82) is 0 Å². The molecular weight excluding hydrogens is 368 g/mol. The third kappa shape index (κ3) is 4.40. The minimum atomic E-state index is -3.49. The third-order valence-electron chi connectivity index (χ3n) is 4.27. The van der Waals surface area contributed by atoms with E-state index in [9.17, 15) is 13.2 Å². The summed E-state index contributed by atoms with van der Waals surface area (Å²) >= 11 is 0. The smallest absolute Gasteiger partial charge is 0.258 e. The number of hydrogen-bond donors (Lipinski definition) is 1. The van der Waals surface area contributed by atoms with Crippen LogP contribution in [-0.4, -0.2) is 45.9 Å². The summed E-state index contributed by atoms with van der Waals surface area (Å²) in [5, 5.41) is 2.95. The van der Waals surface area contributed by atoms with Gasteiger partial charge < -0.3 is 14.8 Å². The third-order valence-corrected chi connectivity index (χ3v) is 6.10. The van der Waals surface area contributed by atoms with Gasteiger partial charge in [0.25, 0.3) is 5.91 Å². The predicted molar refractivity (Wildman–Crippen MR) is 100 cm³/mol. The van der Waals surface area contributed by atoms with E-state index in [2.05, 4.69) is 5.32 Å². The van der Waals surface area contributed by atoms with Crippen LogP contribution in [0.15, 0.2) is 53.4 Å². The Kier molecular flexibility index (Phi) is 5.67. The largest absolute Gasteiger partial charge is 0.493 e. The van der Waals surface area contributed by atoms with Crippen LogP contribution in [0.3, 0.4) is 0 Å². The number of nitrogens with zero attached hydrogens (tertiary/aromatic N) is 1. The summed E-state index contributed by atoms with van der Waals surface area (Å²) in [6.45, 7) is 0.393. The molecule has 1 aliphatic rings. The Morgan fingerprint density at radius 3 is 2.59 bits per heavy atom. The lowest BCUT2D eigenvalue weighted by molar-refractivity contribution is -0.124. The number of para-hydroxylation sites is 1. The first kappa shape index (κ1) is 19.2. The van der Waals surface area contributed by atoms with Crippen LogP contribution in [0.1, 0.15) is 18.0 Å². The number of rotatable bonds is 6. The quantitative estimate of drug-likeness (QED) is 0.815. The van der Waals surface area contributed by atoms with Crippen molar-refractivity contribution in [2.45, 2.75) is 17.4 Å². The molecule has 0 saturated heterocycles. The number of sulfonamides is 1. The fourth-order valence-corrected chi connectivity index (χ4v) is 3.70. The molecule has 2 aromatic carbocycles. The number of amides is 1. The van der Waals surface area contributed by atoms with Crippen molar-refractivity contribution in [2.24, 2.45) is 0 Å². The van der Waals surface area contributed by atoms with E-state index in [-0.39, 0.29) is 23.5 Å². The lowest BCUT2D eigenvalue weighted by Crippen LogP contribution is -2.35. The van der Waals surface area contributed by atoms with E-state index >= 15 is 0 Å². The summed E-state index contributed by atoms with van der Waals surface area (Å²) in [6, 6.07) is 13.5. The Bertz CT molecular complexity index is 910. The van der Waals surface area contributed by atoms with Gasteiger partial charge >= 0.3 is 0 Å². The summed E-state index contributed by atoms with van der Waals surface area (Å²) in [5.41, 5.74) is 0.954. The van der Waals surface area contributed by atoms with Gasteiger partial charge in [-0.25, -0.2) is 12.7 Å². The molecule has 1 aliphatic heterocycles. The van der Waals surface area contributed by atoms with Gasteiger partial charge in [0.1, 0.15) is 11.5 Å². The Morgan fingerprint density at radius 2 is 1.89 bits per heavy atom. The highest BCUT2D eigenvalue weighted by molar-refractivity contribution is 7.89. The lowest BCUT2D eigenvalue weighted by Gasteiger charge is -2.26. The summed E-state index contributed by atoms with van der Waals surface area (Å²) < 4.78 is 36.3. The second-order valence-electron chi connectivity index (χ2n) is 6.34. The van der Waals surface area contributed by atoms with Gasteiger partial charge in [0, 0.05) is 26.1 Å². The van der Waals surface area contributed by atoms with Gasteiger partial charge in [-0.1, -0.05) is 18.2 Å². The van der Waals surface area contributed by atoms with Crippen molar-refractivity contribution in [2.75, 3.05) is 27.3 Å². The van der Waals surface area contributed by atoms with Crippen molar-refractivity contribution >= 4 is 15.9 Å². The number of carbonyl (C=O) groups is 1. The molecule has 8 heteroatoms. The number of hydrogen-bond acceptors (Lipinski definition) is 5. The molecule has 144 valence electrons. The topological polar surface area (TPSA) is 84.9 Å². The molecule has 1 heterocycles. The SMILES string of the molecule is CN(C)S(=O)(=O)c1ccc(OCC(=O)NC2CCOc3ccccc32)cc1. The van der Waals surface area contributed by atoms with Crippen LogP contribution < -0.4 is 14.8 Å². The van der Waals surface area contributed by atoms with Crippen molar-refractivity contribution < 1.29 is 22.7 Å². The second kappa shape index (κ2) is 7.98. The van der Waals surface area contributed by atoms with E-state index in [0.29, 0.717) is 18.8 Å². The molecule has 0 bridgehead atoms. The lowest BCUT2D eigenvalue weighted by atomic mass is 10.0. The Morgan fingerprint density at radius 1 is 1.19 bits per heavy atom. The highest BCUT2D eigenvalue weighted by Crippen LogP contribution is 2.31. The molecule has 1 N–H and O–H groups in total. The number of benzene rings is 2. The maximum absolute atomic E-state index is 12.2. The molecule has 1 atom stereocenters. The molecule has 1 unspecified atom stereocenters. The second-order valence-corrected chi connectivity index (χ2v) is 8.49. The van der Waals surface area contributed by atoms with Crippen LogP contribution in [0.5, 0.6) is 11.5 Å². The molecule has 3 rings (SSSR count). The van der Waals surface area contributed by atoms with E-state index in [1.807, 2.05) is 24.3 Å². The minimum absolute atomic E-state index is 0.112. The number of fused-ring (bicyclic) bond motifs is 1. The van der Waals surface area contributed by atoms with Crippen LogP contribution in [0.2, 0.25) is 0 Å². The number of nitrogens with one attached hydrogen (secondary N) is 1. The summed E-state index contributed by atoms with van der Waals surface area (Å²) in [5.74, 6) is 0.963. The van der Waals surface area contributed by atoms with Crippen molar-refractivity contribution in [1.82, 2.24) is 9.62 Å². The van der Waals surface area contributed by atoms with Gasteiger partial charge in [0.2, 0.25) is 10.0 Å². The van der Waals surface area contributed by atoms with Crippen LogP contribution in [0.25, 0.3) is 0 Å². The maximum Gasteiger partial charge on any atom is 0.258 e. The van der Waals surface area contributed by atoms with E-state index in [1.165, 1.54) is 38.4 Å². The number of ether oxygens (including phenoxy) is 2. The zero-order valence-electron chi connectivity index (χ0n) is 15.2. The molecule has 0 fully saturated rings. The first-order chi connectivity index (χ1) is 12.9. The van der Waals surface area contributed by atoms with E-state index in [0.717, 1.165) is 15.6 Å². The van der Waals surface area contributed by atoms with Crippen molar-refractivity contribution in [3.63, 3.8) is 0 Å². The Balaban J connectivity index is 1.57. The van der Waals surface area contributed by atoms with Gasteiger partial charge in [-0.2, -0.15) is 0 Å². The molecule has 0 saturated carbocycles. The van der Waals surface area contributed by atoms with Crippen molar-refractivity contribution in [3.05, 3.63) is 54.1 Å². The fraction of sp³-hybridized carbons (Fsp3) is 0.316. The van der Waals surface area contributed by atoms with Gasteiger partial charge in [-0.05, 0) is 30.3 Å². The first-order valence-corrected chi connectivity index (χ1v) is 9.98. The van der Waals surface area contributed by atoms with Gasteiger partial charge in [-0.3, -0.25) is 4.79 Å². The Hall–Kier alpha value is -2.58. The normalized spacial score (nSPS) is 16.3. The molecular formula is C19H22N2O5S. The minimum Gasteiger partial charge on any atom is -0.493 e. The Labute approximate surface area is 158 Å². The molecule has 0 aromatic heterocycles. The number of carbonyl (C=O) groups excluding carboxylic acids is 1. The molecule has 0 aliphatic carbocycles. The molecule has 2 aromatic rings. The molecule has 7 nitrogen and oxygen atoms in total. The van der Waals surface area contributed by atoms with E-state index in [4.69, 9.17) is 9.47 Å². The molecule has 1 amide bonds. The molecule has 0 spiro atoms. The van der Waals surface area contributed by atoms with E-state index in [1.54, 1.807) is 0 Å². The molecule has 0 radical (unpaired) electrons. The average Bonchev–Trinajstić information content (AvgIpc) is 2.67. The zero-order valence-corrected chi connectivity index (χ0v) is 16.0. The highest BCUT2D eigenvalue weighted by atomic mass is 32.2. The predicted octanol–water partition coefficient (Wildman–Crippen LogP) is 1.96. The maximum atomic E-state index is 12.2. The van der Waals surface area contributed by atoms with Crippen LogP contribution in [-0.2, 0) is 14.8 Å². The van der Waals surface area contributed by atoms with E-state index < -0.39 is 10.0 Å². The van der Waals surface area contributed by atoms with Gasteiger partial charge in [0.15, 0.2) is 6.61 Å². The van der Waals surface area contributed by atoms with Crippen LogP contribution in [0, 0.1) is 0 Å². The fourth-order valence-electron chi connectivity index (χ4n) is 2.80. The summed E-state index contributed by atoms with van der Waals surface area (Å²) in [7, 11) is -0.544.